The number of carbonyl (C=O) groups is 2. The lowest BCUT2D eigenvalue weighted by Gasteiger charge is -2.65. The van der Waals surface area contributed by atoms with Crippen molar-refractivity contribution in [3.63, 3.8) is 0 Å². The molecule has 42 heavy (non-hydrogen) atoms. The summed E-state index contributed by atoms with van der Waals surface area (Å²) in [5, 5.41) is 6.57. The van der Waals surface area contributed by atoms with E-state index in [-0.39, 0.29) is 30.1 Å². The number of fused-ring (bicyclic) bond motifs is 7. The highest BCUT2D eigenvalue weighted by molar-refractivity contribution is 5.97. The van der Waals surface area contributed by atoms with Crippen molar-refractivity contribution in [3.05, 3.63) is 0 Å². The van der Waals surface area contributed by atoms with E-state index in [0.29, 0.717) is 59.1 Å². The van der Waals surface area contributed by atoms with Crippen LogP contribution in [-0.2, 0) is 19.1 Å². The number of rotatable bonds is 3. The molecular weight excluding hydrogens is 526 g/mol. The number of carbonyl (C=O) groups excluding carboxylic acids is 2. The lowest BCUT2D eigenvalue weighted by molar-refractivity contribution is -0.276. The van der Waals surface area contributed by atoms with Gasteiger partial charge in [-0.15, -0.1) is 0 Å². The van der Waals surface area contributed by atoms with Gasteiger partial charge in [-0.3, -0.25) is 9.59 Å². The molecule has 236 valence electrons. The molecule has 0 aromatic rings. The van der Waals surface area contributed by atoms with E-state index in [1.54, 1.807) is 0 Å². The summed E-state index contributed by atoms with van der Waals surface area (Å²) >= 11 is 0. The van der Waals surface area contributed by atoms with E-state index in [9.17, 15) is 9.59 Å². The Morgan fingerprint density at radius 1 is 0.929 bits per heavy atom. The quantitative estimate of drug-likeness (QED) is 0.451. The Bertz CT molecular complexity index is 1070. The number of hydrogen-bond acceptors (Lipinski definition) is 5. The highest BCUT2D eigenvalue weighted by Gasteiger charge is 2.73. The molecule has 2 N–H and O–H groups in total. The molecule has 0 aromatic carbocycles. The molecule has 7 fully saturated rings. The fourth-order valence-electron chi connectivity index (χ4n) is 12.3. The minimum Gasteiger partial charge on any atom is -0.353 e. The molecule has 7 aliphatic rings. The van der Waals surface area contributed by atoms with Crippen molar-refractivity contribution >= 4 is 11.8 Å². The number of hydrogen-bond donors (Lipinski definition) is 2. The van der Waals surface area contributed by atoms with Gasteiger partial charge in [0.15, 0.2) is 5.79 Å². The number of amides is 2. The van der Waals surface area contributed by atoms with Crippen molar-refractivity contribution in [1.29, 1.82) is 0 Å². The molecule has 3 saturated heterocycles. The van der Waals surface area contributed by atoms with Crippen LogP contribution in [0.25, 0.3) is 0 Å². The van der Waals surface area contributed by atoms with Gasteiger partial charge < -0.3 is 25.0 Å². The van der Waals surface area contributed by atoms with Crippen LogP contribution in [0.1, 0.15) is 105 Å². The average molecular weight is 584 g/mol. The largest absolute Gasteiger partial charge is 0.353 e. The molecule has 4 aliphatic carbocycles. The molecule has 7 heteroatoms. The molecule has 7 nitrogen and oxygen atoms in total. The third-order valence-corrected chi connectivity index (χ3v) is 14.9. The van der Waals surface area contributed by atoms with E-state index in [1.807, 2.05) is 4.90 Å². The fourth-order valence-corrected chi connectivity index (χ4v) is 12.3. The van der Waals surface area contributed by atoms with E-state index in [2.05, 4.69) is 45.3 Å². The van der Waals surface area contributed by atoms with Crippen LogP contribution < -0.4 is 10.6 Å². The van der Waals surface area contributed by atoms with Crippen molar-refractivity contribution in [2.75, 3.05) is 32.8 Å². The van der Waals surface area contributed by atoms with Gasteiger partial charge in [0.2, 0.25) is 11.8 Å². The number of nitrogens with zero attached hydrogens (tertiary/aromatic N) is 1. The second kappa shape index (κ2) is 10.4. The van der Waals surface area contributed by atoms with Gasteiger partial charge in [0, 0.05) is 44.6 Å². The maximum atomic E-state index is 12.9. The zero-order valence-corrected chi connectivity index (χ0v) is 27.0. The third-order valence-electron chi connectivity index (χ3n) is 14.9. The summed E-state index contributed by atoms with van der Waals surface area (Å²) in [7, 11) is 0. The van der Waals surface area contributed by atoms with E-state index in [4.69, 9.17) is 9.47 Å². The number of ether oxygens (including phenoxy) is 2. The van der Waals surface area contributed by atoms with E-state index in [0.717, 1.165) is 50.8 Å². The number of piperazine rings is 1. The van der Waals surface area contributed by atoms with E-state index >= 15 is 0 Å². The normalized spacial score (nSPS) is 51.8. The van der Waals surface area contributed by atoms with Crippen LogP contribution in [0.4, 0.5) is 0 Å². The molecule has 4 saturated carbocycles. The summed E-state index contributed by atoms with van der Waals surface area (Å²) in [6.07, 6.45) is 12.3. The zero-order valence-electron chi connectivity index (χ0n) is 27.0. The Labute approximate surface area is 254 Å². The Morgan fingerprint density at radius 2 is 1.71 bits per heavy atom. The second-order valence-corrected chi connectivity index (χ2v) is 16.7. The molecule has 0 radical (unpaired) electrons. The smallest absolute Gasteiger partial charge is 0.232 e. The highest BCUT2D eigenvalue weighted by Crippen LogP contribution is 2.76. The van der Waals surface area contributed by atoms with Crippen molar-refractivity contribution in [1.82, 2.24) is 15.5 Å². The topological polar surface area (TPSA) is 79.9 Å². The van der Waals surface area contributed by atoms with E-state index in [1.165, 1.54) is 44.9 Å². The molecule has 0 aromatic heterocycles. The molecule has 3 aliphatic heterocycles. The Hall–Kier alpha value is -1.18. The average Bonchev–Trinajstić information content (AvgIpc) is 3.36. The van der Waals surface area contributed by atoms with Gasteiger partial charge in [-0.25, -0.2) is 0 Å². The Balaban J connectivity index is 1.01. The third kappa shape index (κ3) is 4.36. The lowest BCUT2D eigenvalue weighted by atomic mass is 9.40. The first-order valence-corrected chi connectivity index (χ1v) is 17.6. The van der Waals surface area contributed by atoms with Gasteiger partial charge in [0.25, 0.3) is 0 Å². The molecule has 1 spiro atoms. The van der Waals surface area contributed by atoms with Crippen molar-refractivity contribution in [2.24, 2.45) is 51.8 Å². The van der Waals surface area contributed by atoms with Gasteiger partial charge >= 0.3 is 0 Å². The van der Waals surface area contributed by atoms with Crippen LogP contribution in [0, 0.1) is 51.8 Å². The number of nitrogens with one attached hydrogen (secondary N) is 2. The monoisotopic (exact) mass is 583 g/mol. The van der Waals surface area contributed by atoms with Crippen molar-refractivity contribution in [3.8, 4) is 0 Å². The predicted molar refractivity (Wildman–Crippen MR) is 162 cm³/mol. The van der Waals surface area contributed by atoms with Crippen LogP contribution >= 0.6 is 0 Å². The molecule has 3 heterocycles. The Kier molecular flexibility index (Phi) is 7.34. The minimum atomic E-state index is -0.342. The summed E-state index contributed by atoms with van der Waals surface area (Å²) in [5.41, 5.74) is 0.963. The molecule has 12 atom stereocenters. The summed E-state index contributed by atoms with van der Waals surface area (Å²) in [6, 6.07) is 0.210. The molecule has 2 amide bonds. The SMILES string of the molecule is C[C@H]1CC[C@@]2(OC1)O[C@H]1C[C@@]3(C)[C@@H]4CC[C@@H]5C[C@H](NC(=O)CC(=O)N6CCNCC6)CC[C@]5(C)[C@H]4CC[C@]3(C)[C@H]1[C@@H]2C. The standard InChI is InChI=1S/C35H57N3O4/c1-22-8-13-35(41-21-22)23(2)31-28(42-35)20-34(5)27-7-6-24-18-25(9-11-32(24,3)26(27)10-12-33(31,34)4)37-29(39)19-30(40)38-16-14-36-15-17-38/h22-28,31,36H,6-21H2,1-5H3,(H,37,39)/t22-,23-,24+,25+,26-,27+,28-,31-,32-,33+,34-,35+/m0/s1. The summed E-state index contributed by atoms with van der Waals surface area (Å²) in [5.74, 6) is 3.42. The first kappa shape index (κ1) is 29.5. The van der Waals surface area contributed by atoms with Crippen LogP contribution in [0.15, 0.2) is 0 Å². The molecule has 0 unspecified atom stereocenters. The Morgan fingerprint density at radius 3 is 2.45 bits per heavy atom. The van der Waals surface area contributed by atoms with Gasteiger partial charge in [0.05, 0.1) is 12.7 Å². The van der Waals surface area contributed by atoms with Gasteiger partial charge in [0.1, 0.15) is 6.42 Å². The summed E-state index contributed by atoms with van der Waals surface area (Å²) in [4.78, 5) is 27.4. The maximum Gasteiger partial charge on any atom is 0.232 e. The predicted octanol–water partition coefficient (Wildman–Crippen LogP) is 5.13. The highest BCUT2D eigenvalue weighted by atomic mass is 16.7. The van der Waals surface area contributed by atoms with Gasteiger partial charge in [-0.05, 0) is 104 Å². The first-order chi connectivity index (χ1) is 20.0. The lowest BCUT2D eigenvalue weighted by Crippen LogP contribution is -2.59. The second-order valence-electron chi connectivity index (χ2n) is 16.7. The first-order valence-electron chi connectivity index (χ1n) is 17.6. The van der Waals surface area contributed by atoms with Crippen LogP contribution in [-0.4, -0.2) is 67.4 Å². The van der Waals surface area contributed by atoms with E-state index < -0.39 is 0 Å². The molecule has 0 bridgehead atoms. The summed E-state index contributed by atoms with van der Waals surface area (Å²) in [6.45, 7) is 16.5. The van der Waals surface area contributed by atoms with Crippen LogP contribution in [0.3, 0.4) is 0 Å². The molecule has 7 rings (SSSR count). The minimum absolute atomic E-state index is 0.00570. The maximum absolute atomic E-state index is 12.9. The fraction of sp³-hybridized carbons (Fsp3) is 0.943. The van der Waals surface area contributed by atoms with Crippen LogP contribution in [0.5, 0.6) is 0 Å². The van der Waals surface area contributed by atoms with Gasteiger partial charge in [-0.2, -0.15) is 0 Å². The van der Waals surface area contributed by atoms with Crippen molar-refractivity contribution in [2.45, 2.75) is 123 Å². The zero-order chi connectivity index (χ0) is 29.5. The molecular formula is C35H57N3O4. The van der Waals surface area contributed by atoms with Crippen LogP contribution in [0.2, 0.25) is 0 Å². The van der Waals surface area contributed by atoms with Gasteiger partial charge in [-0.1, -0.05) is 34.6 Å². The van der Waals surface area contributed by atoms with Crippen molar-refractivity contribution < 1.29 is 19.1 Å². The summed E-state index contributed by atoms with van der Waals surface area (Å²) < 4.78 is 13.6.